The summed E-state index contributed by atoms with van der Waals surface area (Å²) in [5, 5.41) is 3.00. The monoisotopic (exact) mass is 453 g/mol. The van der Waals surface area contributed by atoms with Crippen molar-refractivity contribution >= 4 is 23.7 Å². The Labute approximate surface area is 195 Å². The molecule has 0 aliphatic rings. The summed E-state index contributed by atoms with van der Waals surface area (Å²) in [5.74, 6) is 1.02. The van der Waals surface area contributed by atoms with Crippen LogP contribution < -0.4 is 24.3 Å². The number of ether oxygens (including phenoxy) is 4. The maximum Gasteiger partial charge on any atom is 0.166 e. The van der Waals surface area contributed by atoms with Gasteiger partial charge in [0.15, 0.2) is 34.6 Å². The van der Waals surface area contributed by atoms with Crippen molar-refractivity contribution in [2.75, 3.05) is 42.0 Å². The molecule has 0 heterocycles. The molecular weight excluding hydrogens is 422 g/mol. The van der Waals surface area contributed by atoms with E-state index in [-0.39, 0.29) is 11.6 Å². The van der Waals surface area contributed by atoms with Crippen molar-refractivity contribution < 1.29 is 28.5 Å². The zero-order chi connectivity index (χ0) is 24.2. The molecule has 2 rings (SSSR count). The number of benzene rings is 2. The van der Waals surface area contributed by atoms with E-state index in [2.05, 4.69) is 5.32 Å². The first-order valence-electron chi connectivity index (χ1n) is 10.5. The molecule has 0 radical (unpaired) electrons. The molecule has 2 aromatic rings. The molecular formula is C26H31NO6. The summed E-state index contributed by atoms with van der Waals surface area (Å²) in [6.45, 7) is 0.538. The van der Waals surface area contributed by atoms with Crippen LogP contribution in [-0.2, 0) is 9.59 Å². The lowest BCUT2D eigenvalue weighted by molar-refractivity contribution is -0.127. The molecule has 33 heavy (non-hydrogen) atoms. The maximum absolute atomic E-state index is 12.9. The number of hydrogen-bond acceptors (Lipinski definition) is 7. The normalized spacial score (nSPS) is 11.2. The van der Waals surface area contributed by atoms with Gasteiger partial charge in [0, 0.05) is 0 Å². The van der Waals surface area contributed by atoms with Gasteiger partial charge in [-0.05, 0) is 67.6 Å². The van der Waals surface area contributed by atoms with Gasteiger partial charge in [-0.25, -0.2) is 0 Å². The Morgan fingerprint density at radius 3 is 1.55 bits per heavy atom. The van der Waals surface area contributed by atoms with Crippen LogP contribution in [0.5, 0.6) is 23.0 Å². The Morgan fingerprint density at radius 1 is 0.758 bits per heavy atom. The number of allylic oxidation sites excluding steroid dienone is 2. The van der Waals surface area contributed by atoms with Gasteiger partial charge in [-0.2, -0.15) is 0 Å². The zero-order valence-corrected chi connectivity index (χ0v) is 19.7. The smallest absolute Gasteiger partial charge is 0.166 e. The molecule has 0 saturated carbocycles. The third-order valence-corrected chi connectivity index (χ3v) is 5.07. The second-order valence-corrected chi connectivity index (χ2v) is 7.15. The summed E-state index contributed by atoms with van der Waals surface area (Å²) in [5.41, 5.74) is 1.53. The number of methoxy groups -OCH3 is 4. The lowest BCUT2D eigenvalue weighted by Gasteiger charge is -2.11. The van der Waals surface area contributed by atoms with Crippen molar-refractivity contribution in [2.24, 2.45) is 5.92 Å². The van der Waals surface area contributed by atoms with E-state index in [1.807, 2.05) is 12.1 Å². The lowest BCUT2D eigenvalue weighted by atomic mass is 9.93. The van der Waals surface area contributed by atoms with Crippen LogP contribution in [0.25, 0.3) is 12.2 Å². The highest BCUT2D eigenvalue weighted by Crippen LogP contribution is 2.29. The highest BCUT2D eigenvalue weighted by Gasteiger charge is 2.22. The van der Waals surface area contributed by atoms with E-state index in [4.69, 9.17) is 18.9 Å². The van der Waals surface area contributed by atoms with E-state index in [9.17, 15) is 9.59 Å². The molecule has 0 aromatic heterocycles. The van der Waals surface area contributed by atoms with Crippen molar-refractivity contribution in [1.29, 1.82) is 0 Å². The fourth-order valence-electron chi connectivity index (χ4n) is 3.22. The largest absolute Gasteiger partial charge is 0.493 e. The number of ketones is 2. The van der Waals surface area contributed by atoms with Crippen LogP contribution in [0.15, 0.2) is 48.6 Å². The molecule has 0 atom stereocenters. The molecule has 0 fully saturated rings. The van der Waals surface area contributed by atoms with E-state index in [1.165, 1.54) is 12.2 Å². The average molecular weight is 454 g/mol. The summed E-state index contributed by atoms with van der Waals surface area (Å²) in [6.07, 6.45) is 6.60. The molecule has 2 aromatic carbocycles. The lowest BCUT2D eigenvalue weighted by Crippen LogP contribution is -2.25. The van der Waals surface area contributed by atoms with Gasteiger partial charge in [-0.1, -0.05) is 24.3 Å². The third-order valence-electron chi connectivity index (χ3n) is 5.07. The van der Waals surface area contributed by atoms with Crippen LogP contribution >= 0.6 is 0 Å². The molecule has 7 nitrogen and oxygen atoms in total. The fourth-order valence-corrected chi connectivity index (χ4v) is 3.22. The van der Waals surface area contributed by atoms with Crippen LogP contribution in [0.2, 0.25) is 0 Å². The minimum atomic E-state index is -0.787. The van der Waals surface area contributed by atoms with Gasteiger partial charge < -0.3 is 24.3 Å². The van der Waals surface area contributed by atoms with Gasteiger partial charge in [-0.3, -0.25) is 9.59 Å². The minimum Gasteiger partial charge on any atom is -0.493 e. The molecule has 0 spiro atoms. The van der Waals surface area contributed by atoms with E-state index < -0.39 is 5.92 Å². The molecule has 0 amide bonds. The molecule has 7 heteroatoms. The zero-order valence-electron chi connectivity index (χ0n) is 19.7. The molecule has 176 valence electrons. The van der Waals surface area contributed by atoms with E-state index in [1.54, 1.807) is 71.9 Å². The van der Waals surface area contributed by atoms with Crippen LogP contribution in [0.1, 0.15) is 17.5 Å². The Kier molecular flexibility index (Phi) is 10.2. The topological polar surface area (TPSA) is 83.1 Å². The standard InChI is InChI=1S/C26H31NO6/c1-27-15-14-20(21(28)10-6-18-8-12-23(30-2)25(16-18)32-4)22(29)11-7-19-9-13-24(31-3)26(17-19)33-5/h6-13,16-17,20,27H,14-15H2,1-5H3/b10-6+,11-7+. The molecule has 0 saturated heterocycles. The molecule has 1 N–H and O–H groups in total. The quantitative estimate of drug-likeness (QED) is 0.365. The van der Waals surface area contributed by atoms with Crippen molar-refractivity contribution in [3.63, 3.8) is 0 Å². The Bertz CT molecular complexity index is 934. The second kappa shape index (κ2) is 13.1. The van der Waals surface area contributed by atoms with E-state index in [0.717, 1.165) is 11.1 Å². The first-order chi connectivity index (χ1) is 16.0. The van der Waals surface area contributed by atoms with Crippen molar-refractivity contribution in [3.05, 3.63) is 59.7 Å². The summed E-state index contributed by atoms with van der Waals surface area (Å²) in [4.78, 5) is 25.7. The van der Waals surface area contributed by atoms with Gasteiger partial charge in [-0.15, -0.1) is 0 Å². The molecule has 0 aliphatic carbocycles. The molecule has 0 unspecified atom stereocenters. The van der Waals surface area contributed by atoms with Gasteiger partial charge in [0.25, 0.3) is 0 Å². The second-order valence-electron chi connectivity index (χ2n) is 7.15. The molecule has 0 bridgehead atoms. The van der Waals surface area contributed by atoms with E-state index >= 15 is 0 Å². The van der Waals surface area contributed by atoms with Gasteiger partial charge in [0.05, 0.1) is 34.4 Å². The van der Waals surface area contributed by atoms with Crippen molar-refractivity contribution in [1.82, 2.24) is 5.32 Å². The fraction of sp³-hybridized carbons (Fsp3) is 0.308. The first-order valence-corrected chi connectivity index (χ1v) is 10.5. The van der Waals surface area contributed by atoms with Gasteiger partial charge >= 0.3 is 0 Å². The summed E-state index contributed by atoms with van der Waals surface area (Å²) < 4.78 is 21.1. The highest BCUT2D eigenvalue weighted by molar-refractivity contribution is 6.13. The Hall–Kier alpha value is -3.58. The maximum atomic E-state index is 12.9. The SMILES string of the molecule is CNCCC(C(=O)/C=C/c1ccc(OC)c(OC)c1)C(=O)/C=C/c1ccc(OC)c(OC)c1. The Balaban J connectivity index is 2.18. The van der Waals surface area contributed by atoms with Crippen LogP contribution in [0, 0.1) is 5.92 Å². The average Bonchev–Trinajstić information content (AvgIpc) is 2.85. The first kappa shape index (κ1) is 25.7. The highest BCUT2D eigenvalue weighted by atomic mass is 16.5. The minimum absolute atomic E-state index is 0.262. The Morgan fingerprint density at radius 2 is 1.18 bits per heavy atom. The van der Waals surface area contributed by atoms with Crippen molar-refractivity contribution in [2.45, 2.75) is 6.42 Å². The van der Waals surface area contributed by atoms with Crippen LogP contribution in [0.3, 0.4) is 0 Å². The van der Waals surface area contributed by atoms with E-state index in [0.29, 0.717) is 36.0 Å². The summed E-state index contributed by atoms with van der Waals surface area (Å²) >= 11 is 0. The van der Waals surface area contributed by atoms with Gasteiger partial charge in [0.1, 0.15) is 0 Å². The van der Waals surface area contributed by atoms with Crippen LogP contribution in [0.4, 0.5) is 0 Å². The predicted molar refractivity (Wildman–Crippen MR) is 129 cm³/mol. The number of hydrogen-bond donors (Lipinski definition) is 1. The number of carbonyl (C=O) groups excluding carboxylic acids is 2. The van der Waals surface area contributed by atoms with Crippen molar-refractivity contribution in [3.8, 4) is 23.0 Å². The number of carbonyl (C=O) groups is 2. The van der Waals surface area contributed by atoms with Gasteiger partial charge in [0.2, 0.25) is 0 Å². The predicted octanol–water partition coefficient (Wildman–Crippen LogP) is 3.81. The third kappa shape index (κ3) is 7.22. The summed E-state index contributed by atoms with van der Waals surface area (Å²) in [6, 6.07) is 10.7. The number of rotatable bonds is 13. The summed E-state index contributed by atoms with van der Waals surface area (Å²) in [7, 11) is 8.00. The number of nitrogens with one attached hydrogen (secondary N) is 1. The molecule has 0 aliphatic heterocycles. The van der Waals surface area contributed by atoms with Crippen LogP contribution in [-0.4, -0.2) is 53.6 Å².